The van der Waals surface area contributed by atoms with Crippen molar-refractivity contribution in [1.82, 2.24) is 10.2 Å². The minimum Gasteiger partial charge on any atom is -0.385 e. The molecule has 32 heavy (non-hydrogen) atoms. The first-order valence-corrected chi connectivity index (χ1v) is 12.1. The number of rotatable bonds is 12. The third kappa shape index (κ3) is 6.38. The number of piperidine rings is 1. The number of fused-ring (bicyclic) bond motifs is 1. The second-order valence-electron chi connectivity index (χ2n) is 9.45. The summed E-state index contributed by atoms with van der Waals surface area (Å²) in [6.07, 6.45) is 4.00. The van der Waals surface area contributed by atoms with Crippen LogP contribution in [0.5, 0.6) is 0 Å². The van der Waals surface area contributed by atoms with E-state index in [2.05, 4.69) is 30.1 Å². The molecule has 7 heteroatoms. The molecule has 2 aliphatic rings. The second kappa shape index (κ2) is 12.4. The van der Waals surface area contributed by atoms with Crippen LogP contribution >= 0.6 is 0 Å². The molecule has 0 bridgehead atoms. The van der Waals surface area contributed by atoms with Crippen LogP contribution in [0, 0.1) is 11.8 Å². The van der Waals surface area contributed by atoms with E-state index in [1.54, 1.807) is 14.2 Å². The van der Waals surface area contributed by atoms with Crippen LogP contribution in [0.2, 0.25) is 0 Å². The Morgan fingerprint density at radius 1 is 1.19 bits per heavy atom. The van der Waals surface area contributed by atoms with Crippen LogP contribution in [0.4, 0.5) is 11.4 Å². The maximum atomic E-state index is 14.0. The van der Waals surface area contributed by atoms with Crippen LogP contribution < -0.4 is 10.2 Å². The van der Waals surface area contributed by atoms with E-state index in [4.69, 9.17) is 14.5 Å². The summed E-state index contributed by atoms with van der Waals surface area (Å²) in [5.74, 6) is 1.64. The van der Waals surface area contributed by atoms with Crippen molar-refractivity contribution < 1.29 is 19.2 Å². The van der Waals surface area contributed by atoms with Gasteiger partial charge in [-0.3, -0.25) is 4.79 Å². The average Bonchev–Trinajstić information content (AvgIpc) is 3.17. The number of para-hydroxylation sites is 2. The van der Waals surface area contributed by atoms with Crippen LogP contribution in [0.1, 0.15) is 39.5 Å². The lowest BCUT2D eigenvalue weighted by Gasteiger charge is -2.38. The summed E-state index contributed by atoms with van der Waals surface area (Å²) >= 11 is 0. The molecule has 178 valence electrons. The van der Waals surface area contributed by atoms with Crippen LogP contribution in [0.25, 0.3) is 0 Å². The summed E-state index contributed by atoms with van der Waals surface area (Å²) < 4.78 is 10.5. The predicted octanol–water partition coefficient (Wildman–Crippen LogP) is 2.17. The molecule has 3 atom stereocenters. The fourth-order valence-corrected chi connectivity index (χ4v) is 4.79. The first kappa shape index (κ1) is 24.8. The quantitative estimate of drug-likeness (QED) is 0.484. The molecule has 1 amide bonds. The van der Waals surface area contributed by atoms with Crippen LogP contribution in [0.3, 0.4) is 0 Å². The summed E-state index contributed by atoms with van der Waals surface area (Å²) in [5.41, 5.74) is 2.03. The summed E-state index contributed by atoms with van der Waals surface area (Å²) in [5, 5.41) is 3.56. The molecule has 2 aliphatic heterocycles. The second-order valence-corrected chi connectivity index (χ2v) is 9.45. The number of benzene rings is 1. The summed E-state index contributed by atoms with van der Waals surface area (Å²) in [6, 6.07) is 8.33. The Bertz CT molecular complexity index is 767. The first-order chi connectivity index (χ1) is 15.5. The van der Waals surface area contributed by atoms with E-state index >= 15 is 0 Å². The number of ether oxygens (including phenoxy) is 2. The monoisotopic (exact) mass is 445 g/mol. The molecule has 0 radical (unpaired) electrons. The number of methoxy groups -OCH3 is 2. The zero-order chi connectivity index (χ0) is 22.9. The molecule has 1 aromatic rings. The van der Waals surface area contributed by atoms with E-state index in [0.29, 0.717) is 17.7 Å². The topological polar surface area (TPSA) is 67.6 Å². The van der Waals surface area contributed by atoms with Gasteiger partial charge in [-0.15, -0.1) is 0 Å². The van der Waals surface area contributed by atoms with Crippen molar-refractivity contribution in [3.8, 4) is 0 Å². The van der Waals surface area contributed by atoms with Gasteiger partial charge in [-0.25, -0.2) is 4.90 Å². The molecule has 1 saturated heterocycles. The van der Waals surface area contributed by atoms with Crippen molar-refractivity contribution in [3.63, 3.8) is 0 Å². The Labute approximate surface area is 193 Å². The van der Waals surface area contributed by atoms with Crippen molar-refractivity contribution in [3.05, 3.63) is 24.3 Å². The minimum absolute atomic E-state index is 0.0795. The van der Waals surface area contributed by atoms with Gasteiger partial charge in [0.05, 0.1) is 6.54 Å². The number of unbranched alkanes of at least 4 members (excludes halogenated alkanes) is 1. The highest BCUT2D eigenvalue weighted by Gasteiger charge is 2.40. The van der Waals surface area contributed by atoms with Crippen molar-refractivity contribution in [1.29, 1.82) is 0 Å². The number of amidine groups is 1. The lowest BCUT2D eigenvalue weighted by atomic mass is 9.91. The molecule has 7 nitrogen and oxygen atoms in total. The van der Waals surface area contributed by atoms with Crippen molar-refractivity contribution in [2.75, 3.05) is 53.6 Å². The summed E-state index contributed by atoms with van der Waals surface area (Å²) in [6.45, 7) is 9.29. The number of aliphatic imine (C=N–C) groups is 1. The Hall–Kier alpha value is -1.80. The lowest BCUT2D eigenvalue weighted by molar-refractivity contribution is -0.726. The molecule has 3 rings (SSSR count). The normalized spacial score (nSPS) is 22.7. The Morgan fingerprint density at radius 2 is 1.97 bits per heavy atom. The Kier molecular flexibility index (Phi) is 9.66. The van der Waals surface area contributed by atoms with Gasteiger partial charge in [0, 0.05) is 52.6 Å². The Morgan fingerprint density at radius 3 is 2.72 bits per heavy atom. The fourth-order valence-electron chi connectivity index (χ4n) is 4.79. The zero-order valence-electron chi connectivity index (χ0n) is 20.2. The molecule has 0 saturated carbocycles. The van der Waals surface area contributed by atoms with Gasteiger partial charge in [0.1, 0.15) is 5.69 Å². The highest BCUT2D eigenvalue weighted by Crippen LogP contribution is 2.26. The summed E-state index contributed by atoms with van der Waals surface area (Å²) in [7, 11) is 3.48. The molecule has 0 spiro atoms. The first-order valence-electron chi connectivity index (χ1n) is 12.1. The van der Waals surface area contributed by atoms with Crippen LogP contribution in [-0.2, 0) is 14.3 Å². The lowest BCUT2D eigenvalue weighted by Crippen LogP contribution is -3.10. The highest BCUT2D eigenvalue weighted by atomic mass is 16.5. The number of carbonyl (C=O) groups is 1. The standard InChI is InChI=1S/C25H40N4O3/c1-19(2)18-29(21-15-20(11-14-32-4)16-26-17-21)25(30)24-27-22-9-5-6-10-23(22)28(24)12-7-8-13-31-3/h5-6,9-10,19-21,26H,7-8,11-18H2,1-4H3/p+1/t20?,21-/m0/s1. The van der Waals surface area contributed by atoms with Gasteiger partial charge in [0.2, 0.25) is 0 Å². The van der Waals surface area contributed by atoms with Gasteiger partial charge in [0.25, 0.3) is 5.84 Å². The Balaban J connectivity index is 1.79. The number of quaternary nitrogens is 1. The molecule has 1 aromatic carbocycles. The number of nitrogens with one attached hydrogen (secondary N) is 2. The van der Waals surface area contributed by atoms with Gasteiger partial charge < -0.3 is 19.7 Å². The molecule has 0 aliphatic carbocycles. The zero-order valence-corrected chi connectivity index (χ0v) is 20.2. The minimum atomic E-state index is 0.0795. The van der Waals surface area contributed by atoms with E-state index < -0.39 is 0 Å². The third-order valence-electron chi connectivity index (χ3n) is 6.39. The molecule has 2 heterocycles. The van der Waals surface area contributed by atoms with E-state index in [1.165, 1.54) is 0 Å². The molecule has 2 N–H and O–H groups in total. The largest absolute Gasteiger partial charge is 0.385 e. The van der Waals surface area contributed by atoms with Crippen molar-refractivity contribution >= 4 is 23.1 Å². The molecule has 0 aromatic heterocycles. The molecular weight excluding hydrogens is 404 g/mol. The number of amides is 1. The third-order valence-corrected chi connectivity index (χ3v) is 6.39. The van der Waals surface area contributed by atoms with E-state index in [-0.39, 0.29) is 11.9 Å². The van der Waals surface area contributed by atoms with E-state index in [0.717, 1.165) is 81.4 Å². The van der Waals surface area contributed by atoms with Gasteiger partial charge >= 0.3 is 5.91 Å². The molecular formula is C25H41N4O3+. The number of hydrogen-bond acceptors (Lipinski definition) is 5. The van der Waals surface area contributed by atoms with Gasteiger partial charge in [-0.2, -0.15) is 4.99 Å². The van der Waals surface area contributed by atoms with Crippen molar-refractivity contribution in [2.24, 2.45) is 16.8 Å². The van der Waals surface area contributed by atoms with Gasteiger partial charge in [-0.1, -0.05) is 26.0 Å². The van der Waals surface area contributed by atoms with Crippen molar-refractivity contribution in [2.45, 2.75) is 45.6 Å². The van der Waals surface area contributed by atoms with E-state index in [1.807, 2.05) is 18.2 Å². The smallest absolute Gasteiger partial charge is 0.329 e. The SMILES string of the molecule is COCCCC[NH+]1C(C(=O)N(CC(C)C)[C@@H]2CNCC(CCOC)C2)=Nc2ccccc21. The maximum Gasteiger partial charge on any atom is 0.329 e. The number of nitrogens with zero attached hydrogens (tertiary/aromatic N) is 2. The number of hydrogen-bond donors (Lipinski definition) is 2. The van der Waals surface area contributed by atoms with Gasteiger partial charge in [0.15, 0.2) is 5.69 Å². The summed E-state index contributed by atoms with van der Waals surface area (Å²) in [4.78, 5) is 22.0. The van der Waals surface area contributed by atoms with E-state index in [9.17, 15) is 4.79 Å². The number of carbonyl (C=O) groups excluding carboxylic acids is 1. The molecule has 1 fully saturated rings. The maximum absolute atomic E-state index is 14.0. The van der Waals surface area contributed by atoms with Crippen LogP contribution in [-0.4, -0.2) is 76.3 Å². The van der Waals surface area contributed by atoms with Crippen LogP contribution in [0.15, 0.2) is 29.3 Å². The molecule has 2 unspecified atom stereocenters. The highest BCUT2D eigenvalue weighted by molar-refractivity contribution is 6.35. The average molecular weight is 446 g/mol. The van der Waals surface area contributed by atoms with Gasteiger partial charge in [-0.05, 0) is 50.1 Å². The predicted molar refractivity (Wildman–Crippen MR) is 128 cm³/mol. The fraction of sp³-hybridized carbons (Fsp3) is 0.680.